The van der Waals surface area contributed by atoms with Crippen molar-refractivity contribution in [3.8, 4) is 0 Å². The van der Waals surface area contributed by atoms with E-state index in [1.807, 2.05) is 20.8 Å². The van der Waals surface area contributed by atoms with Crippen LogP contribution >= 0.6 is 0 Å². The minimum Gasteiger partial charge on any atom is -0.478 e. The second-order valence-electron chi connectivity index (χ2n) is 6.10. The zero-order valence-electron chi connectivity index (χ0n) is 12.7. The van der Waals surface area contributed by atoms with E-state index in [9.17, 15) is 17.6 Å². The first-order chi connectivity index (χ1) is 9.36. The molecule has 0 radical (unpaired) electrons. The van der Waals surface area contributed by atoms with Crippen LogP contribution < -0.4 is 4.72 Å². The lowest BCUT2D eigenvalue weighted by Crippen LogP contribution is -2.41. The van der Waals surface area contributed by atoms with Gasteiger partial charge in [0, 0.05) is 11.6 Å². The first-order valence-electron chi connectivity index (χ1n) is 6.42. The monoisotopic (exact) mass is 317 g/mol. The molecule has 0 aliphatic carbocycles. The number of aromatic carboxylic acids is 1. The van der Waals surface area contributed by atoms with Crippen molar-refractivity contribution in [2.45, 2.75) is 45.6 Å². The van der Waals surface area contributed by atoms with Crippen LogP contribution in [-0.4, -0.2) is 25.5 Å². The van der Waals surface area contributed by atoms with Gasteiger partial charge in [-0.2, -0.15) is 0 Å². The molecule has 0 aliphatic rings. The number of sulfonamides is 1. The normalized spacial score (nSPS) is 14.0. The Kier molecular flexibility index (Phi) is 4.80. The number of nitrogens with one attached hydrogen (secondary N) is 1. The zero-order chi connectivity index (χ0) is 16.6. The molecular formula is C14H20FNO4S. The van der Waals surface area contributed by atoms with Gasteiger partial charge in [-0.05, 0) is 31.4 Å². The molecule has 1 rings (SSSR count). The third-order valence-corrected chi connectivity index (χ3v) is 5.13. The fourth-order valence-corrected chi connectivity index (χ4v) is 3.26. The van der Waals surface area contributed by atoms with Gasteiger partial charge in [0.15, 0.2) is 0 Å². The Morgan fingerprint density at radius 3 is 2.29 bits per heavy atom. The molecule has 0 aromatic heterocycles. The number of benzene rings is 1. The Morgan fingerprint density at radius 1 is 1.33 bits per heavy atom. The van der Waals surface area contributed by atoms with E-state index in [1.165, 1.54) is 6.92 Å². The molecule has 0 bridgehead atoms. The van der Waals surface area contributed by atoms with Crippen LogP contribution in [0, 0.1) is 18.2 Å². The molecule has 1 aromatic rings. The van der Waals surface area contributed by atoms with E-state index in [4.69, 9.17) is 5.11 Å². The molecule has 1 aromatic carbocycles. The highest BCUT2D eigenvalue weighted by Crippen LogP contribution is 2.24. The molecular weight excluding hydrogens is 297 g/mol. The summed E-state index contributed by atoms with van der Waals surface area (Å²) in [6.07, 6.45) is 0. The van der Waals surface area contributed by atoms with Crippen LogP contribution in [0.15, 0.2) is 17.0 Å². The van der Waals surface area contributed by atoms with Crippen LogP contribution in [0.25, 0.3) is 0 Å². The van der Waals surface area contributed by atoms with Crippen LogP contribution in [0.4, 0.5) is 4.39 Å². The Bertz CT molecular complexity index is 662. The Balaban J connectivity index is 3.35. The number of halogens is 1. The van der Waals surface area contributed by atoms with Crippen LogP contribution in [0.2, 0.25) is 0 Å². The second-order valence-corrected chi connectivity index (χ2v) is 7.78. The average Bonchev–Trinajstić information content (AvgIpc) is 2.29. The minimum absolute atomic E-state index is 0.103. The molecule has 2 N–H and O–H groups in total. The SMILES string of the molecule is Cc1c(F)cc(C(=O)O)cc1S(=O)(=O)NC(C)C(C)(C)C. The number of carboxylic acids is 1. The Hall–Kier alpha value is -1.47. The number of hydrogen-bond acceptors (Lipinski definition) is 3. The summed E-state index contributed by atoms with van der Waals surface area (Å²) in [6, 6.07) is 1.38. The minimum atomic E-state index is -4.01. The van der Waals surface area contributed by atoms with Gasteiger partial charge in [-0.15, -0.1) is 0 Å². The summed E-state index contributed by atoms with van der Waals surface area (Å²) in [4.78, 5) is 10.6. The van der Waals surface area contributed by atoms with E-state index in [-0.39, 0.29) is 15.9 Å². The summed E-state index contributed by atoms with van der Waals surface area (Å²) in [5.74, 6) is -2.24. The molecule has 0 heterocycles. The van der Waals surface area contributed by atoms with E-state index in [0.29, 0.717) is 0 Å². The van der Waals surface area contributed by atoms with Crippen molar-refractivity contribution in [2.24, 2.45) is 5.41 Å². The van der Waals surface area contributed by atoms with Gasteiger partial charge in [0.05, 0.1) is 10.5 Å². The lowest BCUT2D eigenvalue weighted by molar-refractivity contribution is 0.0696. The smallest absolute Gasteiger partial charge is 0.335 e. The van der Waals surface area contributed by atoms with Gasteiger partial charge >= 0.3 is 5.97 Å². The van der Waals surface area contributed by atoms with E-state index >= 15 is 0 Å². The number of carbonyl (C=O) groups is 1. The maximum Gasteiger partial charge on any atom is 0.335 e. The summed E-state index contributed by atoms with van der Waals surface area (Å²) in [7, 11) is -4.01. The second kappa shape index (κ2) is 5.73. The lowest BCUT2D eigenvalue weighted by atomic mass is 9.89. The summed E-state index contributed by atoms with van der Waals surface area (Å²) in [5, 5.41) is 8.92. The molecule has 0 fully saturated rings. The largest absolute Gasteiger partial charge is 0.478 e. The van der Waals surface area contributed by atoms with Gasteiger partial charge in [-0.1, -0.05) is 20.8 Å². The van der Waals surface area contributed by atoms with Crippen LogP contribution in [0.3, 0.4) is 0 Å². The van der Waals surface area contributed by atoms with Gasteiger partial charge in [0.25, 0.3) is 0 Å². The van der Waals surface area contributed by atoms with Gasteiger partial charge in [-0.25, -0.2) is 22.3 Å². The highest BCUT2D eigenvalue weighted by Gasteiger charge is 2.28. The van der Waals surface area contributed by atoms with Crippen molar-refractivity contribution in [2.75, 3.05) is 0 Å². The van der Waals surface area contributed by atoms with E-state index in [2.05, 4.69) is 4.72 Å². The Labute approximate surface area is 124 Å². The molecule has 0 saturated carbocycles. The first-order valence-corrected chi connectivity index (χ1v) is 7.90. The van der Waals surface area contributed by atoms with Crippen molar-refractivity contribution >= 4 is 16.0 Å². The molecule has 21 heavy (non-hydrogen) atoms. The Morgan fingerprint density at radius 2 is 1.86 bits per heavy atom. The van der Waals surface area contributed by atoms with Crippen LogP contribution in [-0.2, 0) is 10.0 Å². The third kappa shape index (κ3) is 4.01. The van der Waals surface area contributed by atoms with Crippen LogP contribution in [0.5, 0.6) is 0 Å². The molecule has 118 valence electrons. The standard InChI is InChI=1S/C14H20FNO4S/c1-8-11(15)6-10(13(17)18)7-12(8)21(19,20)16-9(2)14(3,4)5/h6-7,9,16H,1-5H3,(H,17,18). The van der Waals surface area contributed by atoms with E-state index < -0.39 is 33.4 Å². The molecule has 1 atom stereocenters. The van der Waals surface area contributed by atoms with E-state index in [1.54, 1.807) is 6.92 Å². The lowest BCUT2D eigenvalue weighted by Gasteiger charge is -2.28. The van der Waals surface area contributed by atoms with Crippen molar-refractivity contribution in [3.05, 3.63) is 29.1 Å². The fraction of sp³-hybridized carbons (Fsp3) is 0.500. The number of hydrogen-bond donors (Lipinski definition) is 2. The maximum atomic E-state index is 13.7. The van der Waals surface area contributed by atoms with Crippen LogP contribution in [0.1, 0.15) is 43.6 Å². The summed E-state index contributed by atoms with van der Waals surface area (Å²) >= 11 is 0. The summed E-state index contributed by atoms with van der Waals surface area (Å²) in [5.41, 5.74) is -0.834. The number of rotatable bonds is 4. The van der Waals surface area contributed by atoms with Crippen molar-refractivity contribution in [3.63, 3.8) is 0 Å². The molecule has 5 nitrogen and oxygen atoms in total. The first kappa shape index (κ1) is 17.6. The molecule has 1 unspecified atom stereocenters. The van der Waals surface area contributed by atoms with Crippen molar-refractivity contribution < 1.29 is 22.7 Å². The predicted molar refractivity (Wildman–Crippen MR) is 77.3 cm³/mol. The zero-order valence-corrected chi connectivity index (χ0v) is 13.5. The van der Waals surface area contributed by atoms with Gasteiger partial charge < -0.3 is 5.11 Å². The summed E-state index contributed by atoms with van der Waals surface area (Å²) < 4.78 is 40.9. The highest BCUT2D eigenvalue weighted by molar-refractivity contribution is 7.89. The van der Waals surface area contributed by atoms with Gasteiger partial charge in [-0.3, -0.25) is 0 Å². The quantitative estimate of drug-likeness (QED) is 0.894. The van der Waals surface area contributed by atoms with E-state index in [0.717, 1.165) is 12.1 Å². The average molecular weight is 317 g/mol. The molecule has 0 amide bonds. The van der Waals surface area contributed by atoms with Gasteiger partial charge in [0.2, 0.25) is 10.0 Å². The highest BCUT2D eigenvalue weighted by atomic mass is 32.2. The molecule has 0 saturated heterocycles. The maximum absolute atomic E-state index is 13.7. The number of carboxylic acid groups (broad SMARTS) is 1. The third-order valence-electron chi connectivity index (χ3n) is 3.46. The predicted octanol–water partition coefficient (Wildman–Crippen LogP) is 2.55. The van der Waals surface area contributed by atoms with Crippen molar-refractivity contribution in [1.82, 2.24) is 4.72 Å². The molecule has 7 heteroatoms. The van der Waals surface area contributed by atoms with Crippen molar-refractivity contribution in [1.29, 1.82) is 0 Å². The molecule has 0 aliphatic heterocycles. The fourth-order valence-electron chi connectivity index (χ4n) is 1.53. The van der Waals surface area contributed by atoms with Gasteiger partial charge in [0.1, 0.15) is 5.82 Å². The summed E-state index contributed by atoms with van der Waals surface area (Å²) in [6.45, 7) is 8.59. The molecule has 0 spiro atoms. The topological polar surface area (TPSA) is 83.5 Å².